The Kier molecular flexibility index (Phi) is 3.68. The number of hydrogen-bond acceptors (Lipinski definition) is 3. The Morgan fingerprint density at radius 1 is 1.05 bits per heavy atom. The quantitative estimate of drug-likeness (QED) is 0.862. The lowest BCUT2D eigenvalue weighted by Crippen LogP contribution is -1.99. The molecule has 3 nitrogen and oxygen atoms in total. The fraction of sp³-hybridized carbons (Fsp3) is 0.133. The second-order valence-corrected chi connectivity index (χ2v) is 6.28. The molecule has 0 unspecified atom stereocenters. The van der Waals surface area contributed by atoms with Gasteiger partial charge in [-0.15, -0.1) is 0 Å². The third-order valence-electron chi connectivity index (χ3n) is 2.83. The van der Waals surface area contributed by atoms with Gasteiger partial charge in [-0.2, -0.15) is 5.26 Å². The van der Waals surface area contributed by atoms with Gasteiger partial charge in [-0.25, -0.2) is 8.42 Å². The third kappa shape index (κ3) is 3.01. The van der Waals surface area contributed by atoms with Gasteiger partial charge in [-0.1, -0.05) is 42.5 Å². The van der Waals surface area contributed by atoms with Gasteiger partial charge < -0.3 is 0 Å². The van der Waals surface area contributed by atoms with Gasteiger partial charge in [-0.3, -0.25) is 0 Å². The Bertz CT molecular complexity index is 725. The molecule has 0 N–H and O–H groups in total. The van der Waals surface area contributed by atoms with Crippen LogP contribution in [0.15, 0.2) is 53.4 Å². The average molecular weight is 271 g/mol. The van der Waals surface area contributed by atoms with Gasteiger partial charge >= 0.3 is 0 Å². The Balaban J connectivity index is 2.51. The van der Waals surface area contributed by atoms with Crippen molar-refractivity contribution < 1.29 is 8.42 Å². The number of sulfone groups is 1. The van der Waals surface area contributed by atoms with E-state index >= 15 is 0 Å². The van der Waals surface area contributed by atoms with E-state index in [1.54, 1.807) is 18.2 Å². The predicted octanol–water partition coefficient (Wildman–Crippen LogP) is 2.82. The topological polar surface area (TPSA) is 57.9 Å². The normalized spacial score (nSPS) is 10.9. The van der Waals surface area contributed by atoms with Crippen LogP contribution in [0.5, 0.6) is 0 Å². The molecule has 0 aliphatic carbocycles. The lowest BCUT2D eigenvalue weighted by atomic mass is 10.0. The maximum Gasteiger partial charge on any atom is 0.176 e. The summed E-state index contributed by atoms with van der Waals surface area (Å²) in [6.45, 7) is 0. The molecule has 0 aromatic heterocycles. The zero-order valence-electron chi connectivity index (χ0n) is 10.5. The van der Waals surface area contributed by atoms with E-state index in [2.05, 4.69) is 6.07 Å². The Labute approximate surface area is 113 Å². The van der Waals surface area contributed by atoms with E-state index in [9.17, 15) is 8.42 Å². The van der Waals surface area contributed by atoms with E-state index in [1.807, 2.05) is 30.3 Å². The maximum absolute atomic E-state index is 11.8. The van der Waals surface area contributed by atoms with Crippen LogP contribution in [0.1, 0.15) is 5.56 Å². The monoisotopic (exact) mass is 271 g/mol. The molecule has 0 aliphatic heterocycles. The molecule has 0 radical (unpaired) electrons. The summed E-state index contributed by atoms with van der Waals surface area (Å²) < 4.78 is 23.5. The predicted molar refractivity (Wildman–Crippen MR) is 74.3 cm³/mol. The first kappa shape index (κ1) is 13.3. The molecule has 0 saturated carbocycles. The first-order valence-electron chi connectivity index (χ1n) is 5.78. The molecule has 19 heavy (non-hydrogen) atoms. The van der Waals surface area contributed by atoms with Crippen molar-refractivity contribution in [2.75, 3.05) is 6.26 Å². The van der Waals surface area contributed by atoms with Crippen molar-refractivity contribution in [2.24, 2.45) is 0 Å². The van der Waals surface area contributed by atoms with Crippen molar-refractivity contribution in [2.45, 2.75) is 11.3 Å². The number of nitrogens with zero attached hydrogens (tertiary/aromatic N) is 1. The summed E-state index contributed by atoms with van der Waals surface area (Å²) in [7, 11) is -3.25. The molecule has 0 atom stereocenters. The van der Waals surface area contributed by atoms with Crippen molar-refractivity contribution in [1.29, 1.82) is 5.26 Å². The van der Waals surface area contributed by atoms with Gasteiger partial charge in [0.05, 0.1) is 17.4 Å². The highest BCUT2D eigenvalue weighted by Crippen LogP contribution is 2.27. The van der Waals surface area contributed by atoms with Crippen LogP contribution in [0.2, 0.25) is 0 Å². The Morgan fingerprint density at radius 2 is 1.68 bits per heavy atom. The highest BCUT2D eigenvalue weighted by Gasteiger charge is 2.13. The molecule has 96 valence electrons. The summed E-state index contributed by atoms with van der Waals surface area (Å²) in [6, 6.07) is 16.4. The standard InChI is InChI=1S/C15H13NO2S/c1-19(17,18)15-5-3-2-4-14(15)13-8-6-12(7-9-13)10-11-16/h2-9H,10H2,1H3. The molecule has 0 saturated heterocycles. The minimum absolute atomic E-state index is 0.322. The zero-order chi connectivity index (χ0) is 13.9. The maximum atomic E-state index is 11.8. The fourth-order valence-corrected chi connectivity index (χ4v) is 2.83. The summed E-state index contributed by atoms with van der Waals surface area (Å²) in [5, 5.41) is 8.63. The number of hydrogen-bond donors (Lipinski definition) is 0. The van der Waals surface area contributed by atoms with Crippen molar-refractivity contribution in [3.05, 3.63) is 54.1 Å². The van der Waals surface area contributed by atoms with Crippen LogP contribution in [0.4, 0.5) is 0 Å². The van der Waals surface area contributed by atoms with E-state index in [0.29, 0.717) is 16.9 Å². The lowest BCUT2D eigenvalue weighted by Gasteiger charge is -2.08. The molecule has 0 bridgehead atoms. The van der Waals surface area contributed by atoms with Crippen LogP contribution in [0.25, 0.3) is 11.1 Å². The van der Waals surface area contributed by atoms with Gasteiger partial charge in [0, 0.05) is 11.8 Å². The second-order valence-electron chi connectivity index (χ2n) is 4.30. The Morgan fingerprint density at radius 3 is 2.26 bits per heavy atom. The van der Waals surface area contributed by atoms with Gasteiger partial charge in [0.25, 0.3) is 0 Å². The minimum atomic E-state index is -3.25. The first-order valence-corrected chi connectivity index (χ1v) is 7.67. The van der Waals surface area contributed by atoms with E-state index in [4.69, 9.17) is 5.26 Å². The van der Waals surface area contributed by atoms with E-state index < -0.39 is 9.84 Å². The molecular weight excluding hydrogens is 258 g/mol. The van der Waals surface area contributed by atoms with Crippen molar-refractivity contribution >= 4 is 9.84 Å². The average Bonchev–Trinajstić information content (AvgIpc) is 2.39. The molecule has 4 heteroatoms. The van der Waals surface area contributed by atoms with Crippen molar-refractivity contribution in [1.82, 2.24) is 0 Å². The zero-order valence-corrected chi connectivity index (χ0v) is 11.3. The van der Waals surface area contributed by atoms with E-state index in [-0.39, 0.29) is 0 Å². The summed E-state index contributed by atoms with van der Waals surface area (Å²) in [4.78, 5) is 0.322. The van der Waals surface area contributed by atoms with Crippen LogP contribution in [0, 0.1) is 11.3 Å². The minimum Gasteiger partial charge on any atom is -0.224 e. The molecule has 0 amide bonds. The van der Waals surface area contributed by atoms with Crippen LogP contribution in [-0.2, 0) is 16.3 Å². The summed E-state index contributed by atoms with van der Waals surface area (Å²) in [5.41, 5.74) is 2.44. The molecule has 2 aromatic rings. The summed E-state index contributed by atoms with van der Waals surface area (Å²) in [6.07, 6.45) is 1.56. The van der Waals surface area contributed by atoms with Crippen LogP contribution < -0.4 is 0 Å². The molecule has 2 aromatic carbocycles. The van der Waals surface area contributed by atoms with Gasteiger partial charge in [0.1, 0.15) is 0 Å². The van der Waals surface area contributed by atoms with E-state index in [1.165, 1.54) is 6.26 Å². The van der Waals surface area contributed by atoms with Gasteiger partial charge in [0.2, 0.25) is 0 Å². The van der Waals surface area contributed by atoms with Crippen LogP contribution >= 0.6 is 0 Å². The SMILES string of the molecule is CS(=O)(=O)c1ccccc1-c1ccc(CC#N)cc1. The van der Waals surface area contributed by atoms with Gasteiger partial charge in [0.15, 0.2) is 9.84 Å². The lowest BCUT2D eigenvalue weighted by molar-refractivity contribution is 0.602. The highest BCUT2D eigenvalue weighted by atomic mass is 32.2. The van der Waals surface area contributed by atoms with Crippen LogP contribution in [0.3, 0.4) is 0 Å². The highest BCUT2D eigenvalue weighted by molar-refractivity contribution is 7.90. The van der Waals surface area contributed by atoms with Crippen molar-refractivity contribution in [3.8, 4) is 17.2 Å². The fourth-order valence-electron chi connectivity index (χ4n) is 1.92. The molecule has 0 heterocycles. The summed E-state index contributed by atoms with van der Waals surface area (Å²) in [5.74, 6) is 0. The van der Waals surface area contributed by atoms with E-state index in [0.717, 1.165) is 11.1 Å². The molecule has 0 aliphatic rings. The molecule has 0 fully saturated rings. The second kappa shape index (κ2) is 5.25. The number of rotatable bonds is 3. The smallest absolute Gasteiger partial charge is 0.176 e. The van der Waals surface area contributed by atoms with Crippen molar-refractivity contribution in [3.63, 3.8) is 0 Å². The molecular formula is C15H13NO2S. The third-order valence-corrected chi connectivity index (χ3v) is 3.99. The van der Waals surface area contributed by atoms with Gasteiger partial charge in [-0.05, 0) is 17.2 Å². The number of benzene rings is 2. The Hall–Kier alpha value is -2.12. The molecule has 2 rings (SSSR count). The summed E-state index contributed by atoms with van der Waals surface area (Å²) >= 11 is 0. The largest absolute Gasteiger partial charge is 0.224 e. The van der Waals surface area contributed by atoms with Crippen LogP contribution in [-0.4, -0.2) is 14.7 Å². The first-order chi connectivity index (χ1) is 9.02. The molecule has 0 spiro atoms. The number of nitriles is 1.